The van der Waals surface area contributed by atoms with Gasteiger partial charge < -0.3 is 21.6 Å². The van der Waals surface area contributed by atoms with Crippen molar-refractivity contribution in [2.24, 2.45) is 0 Å². The summed E-state index contributed by atoms with van der Waals surface area (Å²) in [5.74, 6) is 0.851. The molecule has 0 aliphatic heterocycles. The lowest BCUT2D eigenvalue weighted by molar-refractivity contribution is -0.888. The van der Waals surface area contributed by atoms with Crippen molar-refractivity contribution >= 4 is 0 Å². The van der Waals surface area contributed by atoms with E-state index in [2.05, 4.69) is 26.0 Å². The first-order valence-corrected chi connectivity index (χ1v) is 4.99. The van der Waals surface area contributed by atoms with E-state index in [0.717, 1.165) is 29.9 Å². The maximum Gasteiger partial charge on any atom is 0.137 e. The van der Waals surface area contributed by atoms with Crippen LogP contribution in [-0.4, -0.2) is 43.3 Å². The molecule has 0 bridgehead atoms. The normalized spacial score (nSPS) is 10.6. The van der Waals surface area contributed by atoms with Gasteiger partial charge in [-0.15, -0.1) is 0 Å². The SMILES string of the molecule is CC[N+](C)(C)CCOc1cccnc1.[Cl-]. The number of rotatable bonds is 5. The van der Waals surface area contributed by atoms with Gasteiger partial charge in [0.05, 0.1) is 26.8 Å². The van der Waals surface area contributed by atoms with Crippen LogP contribution in [0.15, 0.2) is 24.5 Å². The summed E-state index contributed by atoms with van der Waals surface area (Å²) >= 11 is 0. The molecule has 0 aromatic carbocycles. The Hall–Kier alpha value is -0.800. The number of halogens is 1. The Labute approximate surface area is 98.1 Å². The van der Waals surface area contributed by atoms with Crippen LogP contribution in [0.5, 0.6) is 5.75 Å². The van der Waals surface area contributed by atoms with Crippen LogP contribution in [0.4, 0.5) is 0 Å². The van der Waals surface area contributed by atoms with Gasteiger partial charge in [0.15, 0.2) is 0 Å². The first-order chi connectivity index (χ1) is 6.64. The van der Waals surface area contributed by atoms with Crippen LogP contribution in [0.1, 0.15) is 6.92 Å². The highest BCUT2D eigenvalue weighted by Gasteiger charge is 2.10. The van der Waals surface area contributed by atoms with Crippen LogP contribution < -0.4 is 17.1 Å². The number of ether oxygens (including phenoxy) is 1. The first kappa shape index (κ1) is 14.2. The number of hydrogen-bond donors (Lipinski definition) is 0. The number of aromatic nitrogens is 1. The molecule has 0 unspecified atom stereocenters. The van der Waals surface area contributed by atoms with E-state index in [4.69, 9.17) is 4.74 Å². The summed E-state index contributed by atoms with van der Waals surface area (Å²) in [7, 11) is 4.40. The van der Waals surface area contributed by atoms with Crippen LogP contribution in [0.25, 0.3) is 0 Å². The molecule has 0 radical (unpaired) electrons. The van der Waals surface area contributed by atoms with E-state index in [9.17, 15) is 0 Å². The summed E-state index contributed by atoms with van der Waals surface area (Å²) in [6, 6.07) is 3.81. The maximum atomic E-state index is 5.57. The summed E-state index contributed by atoms with van der Waals surface area (Å²) in [5, 5.41) is 0. The highest BCUT2D eigenvalue weighted by Crippen LogP contribution is 2.06. The number of quaternary nitrogens is 1. The zero-order chi connectivity index (χ0) is 10.4. The topological polar surface area (TPSA) is 22.1 Å². The fourth-order valence-electron chi connectivity index (χ4n) is 1.00. The molecule has 1 aromatic rings. The van der Waals surface area contributed by atoms with Crippen LogP contribution in [0.3, 0.4) is 0 Å². The smallest absolute Gasteiger partial charge is 0.137 e. The Bertz CT molecular complexity index is 265. The van der Waals surface area contributed by atoms with Gasteiger partial charge in [0.1, 0.15) is 18.9 Å². The zero-order valence-corrected chi connectivity index (χ0v) is 10.4. The molecule has 0 aliphatic carbocycles. The molecule has 86 valence electrons. The largest absolute Gasteiger partial charge is 1.00 e. The number of hydrogen-bond acceptors (Lipinski definition) is 2. The van der Waals surface area contributed by atoms with Gasteiger partial charge in [-0.3, -0.25) is 4.98 Å². The van der Waals surface area contributed by atoms with Crippen LogP contribution in [-0.2, 0) is 0 Å². The van der Waals surface area contributed by atoms with Crippen molar-refractivity contribution in [2.75, 3.05) is 33.8 Å². The first-order valence-electron chi connectivity index (χ1n) is 4.99. The van der Waals surface area contributed by atoms with Crippen LogP contribution >= 0.6 is 0 Å². The Morgan fingerprint density at radius 3 is 2.67 bits per heavy atom. The molecule has 4 heteroatoms. The maximum absolute atomic E-state index is 5.57. The Morgan fingerprint density at radius 2 is 2.13 bits per heavy atom. The number of likely N-dealkylation sites (N-methyl/N-ethyl adjacent to an activating group) is 1. The Balaban J connectivity index is 0.00000196. The van der Waals surface area contributed by atoms with Crippen molar-refractivity contribution in [2.45, 2.75) is 6.92 Å². The lowest BCUT2D eigenvalue weighted by Crippen LogP contribution is -3.00. The van der Waals surface area contributed by atoms with Crippen molar-refractivity contribution < 1.29 is 21.6 Å². The molecule has 0 fully saturated rings. The van der Waals surface area contributed by atoms with Crippen molar-refractivity contribution in [3.8, 4) is 5.75 Å². The van der Waals surface area contributed by atoms with Gasteiger partial charge in [-0.2, -0.15) is 0 Å². The van der Waals surface area contributed by atoms with Gasteiger partial charge >= 0.3 is 0 Å². The summed E-state index contributed by atoms with van der Waals surface area (Å²) in [6.45, 7) is 5.07. The number of pyridine rings is 1. The molecule has 0 atom stereocenters. The second kappa shape index (κ2) is 6.64. The molecule has 0 aliphatic rings. The van der Waals surface area contributed by atoms with Crippen molar-refractivity contribution in [1.29, 1.82) is 0 Å². The van der Waals surface area contributed by atoms with Crippen molar-refractivity contribution in [3.63, 3.8) is 0 Å². The fraction of sp³-hybridized carbons (Fsp3) is 0.545. The summed E-state index contributed by atoms with van der Waals surface area (Å²) in [4.78, 5) is 3.99. The van der Waals surface area contributed by atoms with Gasteiger partial charge in [-0.1, -0.05) is 0 Å². The minimum Gasteiger partial charge on any atom is -1.00 e. The molecule has 0 amide bonds. The number of nitrogens with zero attached hydrogens (tertiary/aromatic N) is 2. The van der Waals surface area contributed by atoms with Crippen LogP contribution in [0.2, 0.25) is 0 Å². The van der Waals surface area contributed by atoms with Gasteiger partial charge in [0, 0.05) is 6.20 Å². The summed E-state index contributed by atoms with van der Waals surface area (Å²) in [6.07, 6.45) is 3.49. The molecule has 0 saturated heterocycles. The van der Waals surface area contributed by atoms with Gasteiger partial charge in [0.2, 0.25) is 0 Å². The third-order valence-corrected chi connectivity index (χ3v) is 2.46. The van der Waals surface area contributed by atoms with E-state index >= 15 is 0 Å². The second-order valence-electron chi connectivity index (χ2n) is 4.01. The monoisotopic (exact) mass is 230 g/mol. The molecular formula is C11H19ClN2O. The molecule has 1 heterocycles. The lowest BCUT2D eigenvalue weighted by Gasteiger charge is -2.27. The zero-order valence-electron chi connectivity index (χ0n) is 9.61. The average molecular weight is 231 g/mol. The quantitative estimate of drug-likeness (QED) is 0.579. The fourth-order valence-corrected chi connectivity index (χ4v) is 1.00. The average Bonchev–Trinajstić information content (AvgIpc) is 2.19. The molecule has 1 rings (SSSR count). The molecule has 1 aromatic heterocycles. The highest BCUT2D eigenvalue weighted by atomic mass is 35.5. The molecule has 0 saturated carbocycles. The van der Waals surface area contributed by atoms with E-state index in [1.165, 1.54) is 0 Å². The van der Waals surface area contributed by atoms with E-state index in [-0.39, 0.29) is 12.4 Å². The van der Waals surface area contributed by atoms with E-state index in [1.807, 2.05) is 12.1 Å². The predicted octanol–water partition coefficient (Wildman–Crippen LogP) is -1.44. The minimum absolute atomic E-state index is 0. The Kier molecular flexibility index (Phi) is 6.29. The van der Waals surface area contributed by atoms with E-state index < -0.39 is 0 Å². The molecule has 0 spiro atoms. The second-order valence-corrected chi connectivity index (χ2v) is 4.01. The standard InChI is InChI=1S/C11H19N2O.ClH/c1-4-13(2,3)8-9-14-11-6-5-7-12-10-11;/h5-7,10H,4,8-9H2,1-3H3;1H/q+1;/p-1. The highest BCUT2D eigenvalue weighted by molar-refractivity contribution is 5.15. The third-order valence-electron chi connectivity index (χ3n) is 2.46. The molecule has 15 heavy (non-hydrogen) atoms. The van der Waals surface area contributed by atoms with Gasteiger partial charge in [-0.05, 0) is 19.1 Å². The van der Waals surface area contributed by atoms with E-state index in [1.54, 1.807) is 12.4 Å². The minimum atomic E-state index is 0. The predicted molar refractivity (Wildman–Crippen MR) is 57.2 cm³/mol. The van der Waals surface area contributed by atoms with Gasteiger partial charge in [0.25, 0.3) is 0 Å². The molecule has 3 nitrogen and oxygen atoms in total. The van der Waals surface area contributed by atoms with Crippen molar-refractivity contribution in [1.82, 2.24) is 4.98 Å². The third kappa shape index (κ3) is 5.60. The summed E-state index contributed by atoms with van der Waals surface area (Å²) < 4.78 is 6.55. The van der Waals surface area contributed by atoms with Crippen LogP contribution in [0, 0.1) is 0 Å². The Morgan fingerprint density at radius 1 is 1.40 bits per heavy atom. The molecular weight excluding hydrogens is 212 g/mol. The summed E-state index contributed by atoms with van der Waals surface area (Å²) in [5.41, 5.74) is 0. The van der Waals surface area contributed by atoms with Gasteiger partial charge in [-0.25, -0.2) is 0 Å². The van der Waals surface area contributed by atoms with E-state index in [0.29, 0.717) is 0 Å². The molecule has 0 N–H and O–H groups in total. The van der Waals surface area contributed by atoms with Crippen molar-refractivity contribution in [3.05, 3.63) is 24.5 Å². The lowest BCUT2D eigenvalue weighted by atomic mass is 10.4.